The van der Waals surface area contributed by atoms with Crippen LogP contribution in [0.25, 0.3) is 32.9 Å². The smallest absolute Gasteiger partial charge is 0.289 e. The summed E-state index contributed by atoms with van der Waals surface area (Å²) in [6.45, 7) is 1.97. The fourth-order valence-electron chi connectivity index (χ4n) is 3.93. The first-order valence-corrected chi connectivity index (χ1v) is 10.2. The molecule has 5 aromatic rings. The van der Waals surface area contributed by atoms with E-state index in [1.165, 1.54) is 0 Å². The maximum Gasteiger partial charge on any atom is 0.289 e. The summed E-state index contributed by atoms with van der Waals surface area (Å²) in [5, 5.41) is 14.4. The molecule has 158 valence electrons. The number of carbonyl (C=O) groups is 1. The number of nitrogens with zero attached hydrogens (tertiary/aromatic N) is 2. The molecule has 2 heterocycles. The van der Waals surface area contributed by atoms with Gasteiger partial charge in [0.15, 0.2) is 0 Å². The van der Waals surface area contributed by atoms with Gasteiger partial charge in [-0.1, -0.05) is 48.5 Å². The van der Waals surface area contributed by atoms with Crippen LogP contribution in [0.2, 0.25) is 0 Å². The van der Waals surface area contributed by atoms with Crippen LogP contribution in [0.4, 0.5) is 0 Å². The molecule has 0 aliphatic rings. The minimum absolute atomic E-state index is 0.308. The van der Waals surface area contributed by atoms with Gasteiger partial charge in [-0.05, 0) is 35.9 Å². The lowest BCUT2D eigenvalue weighted by atomic mass is 10.0. The molecule has 3 aromatic carbocycles. The van der Waals surface area contributed by atoms with Crippen LogP contribution in [0, 0.1) is 6.92 Å². The Bertz CT molecular complexity index is 1480. The van der Waals surface area contributed by atoms with Crippen LogP contribution in [0.1, 0.15) is 21.7 Å². The Morgan fingerprint density at radius 2 is 1.84 bits per heavy atom. The first-order chi connectivity index (χ1) is 15.7. The number of ether oxygens (including phenoxy) is 1. The van der Waals surface area contributed by atoms with Gasteiger partial charge in [-0.3, -0.25) is 9.89 Å². The molecule has 0 fully saturated rings. The van der Waals surface area contributed by atoms with E-state index in [-0.39, 0.29) is 5.91 Å². The first kappa shape index (κ1) is 19.6. The maximum absolute atomic E-state index is 12.6. The number of rotatable bonds is 5. The summed E-state index contributed by atoms with van der Waals surface area (Å²) in [7, 11) is 1.62. The highest BCUT2D eigenvalue weighted by Gasteiger charge is 2.16. The Labute approximate surface area is 184 Å². The fourth-order valence-corrected chi connectivity index (χ4v) is 3.93. The van der Waals surface area contributed by atoms with Crippen LogP contribution in [0.15, 0.2) is 71.8 Å². The Morgan fingerprint density at radius 1 is 1.06 bits per heavy atom. The zero-order valence-corrected chi connectivity index (χ0v) is 17.6. The van der Waals surface area contributed by atoms with Gasteiger partial charge in [-0.2, -0.15) is 10.2 Å². The summed E-state index contributed by atoms with van der Waals surface area (Å²) in [5.74, 6) is 0.312. The summed E-state index contributed by atoms with van der Waals surface area (Å²) < 4.78 is 5.55. The molecule has 32 heavy (non-hydrogen) atoms. The Balaban J connectivity index is 1.41. The normalized spacial score (nSPS) is 11.4. The topological polar surface area (TPSA) is 95.2 Å². The summed E-state index contributed by atoms with van der Waals surface area (Å²) in [6.07, 6.45) is 1.65. The number of hydrogen-bond acceptors (Lipinski definition) is 4. The summed E-state index contributed by atoms with van der Waals surface area (Å²) in [4.78, 5) is 16.0. The summed E-state index contributed by atoms with van der Waals surface area (Å²) in [5.41, 5.74) is 7.29. The van der Waals surface area contributed by atoms with Crippen LogP contribution in [0.5, 0.6) is 5.75 Å². The van der Waals surface area contributed by atoms with E-state index >= 15 is 0 Å². The molecule has 7 nitrogen and oxygen atoms in total. The van der Waals surface area contributed by atoms with Crippen molar-refractivity contribution in [2.24, 2.45) is 5.10 Å². The highest BCUT2D eigenvalue weighted by molar-refractivity contribution is 6.02. The van der Waals surface area contributed by atoms with Crippen molar-refractivity contribution >= 4 is 33.8 Å². The van der Waals surface area contributed by atoms with Gasteiger partial charge < -0.3 is 9.72 Å². The SMILES string of the molecule is COc1ccc2ccccc2c1-c1cc(C(=O)N/N=C/c2c(C)[nH]c3ccccc23)[nH]n1. The van der Waals surface area contributed by atoms with E-state index in [9.17, 15) is 4.79 Å². The van der Waals surface area contributed by atoms with Crippen LogP contribution >= 0.6 is 0 Å². The van der Waals surface area contributed by atoms with Crippen molar-refractivity contribution in [1.82, 2.24) is 20.6 Å². The number of methoxy groups -OCH3 is 1. The molecule has 0 aliphatic carbocycles. The molecule has 3 N–H and O–H groups in total. The zero-order chi connectivity index (χ0) is 22.1. The fraction of sp³-hybridized carbons (Fsp3) is 0.0800. The first-order valence-electron chi connectivity index (χ1n) is 10.2. The molecule has 0 unspecified atom stereocenters. The number of aromatic nitrogens is 3. The van der Waals surface area contributed by atoms with E-state index in [2.05, 4.69) is 25.7 Å². The number of carbonyl (C=O) groups excluding carboxylic acids is 1. The van der Waals surface area contributed by atoms with Crippen LogP contribution < -0.4 is 10.2 Å². The van der Waals surface area contributed by atoms with Gasteiger partial charge in [-0.25, -0.2) is 5.43 Å². The summed E-state index contributed by atoms with van der Waals surface area (Å²) in [6, 6.07) is 21.6. The van der Waals surface area contributed by atoms with Gasteiger partial charge in [0, 0.05) is 22.2 Å². The predicted molar refractivity (Wildman–Crippen MR) is 126 cm³/mol. The molecule has 0 saturated carbocycles. The molecule has 0 bridgehead atoms. The lowest BCUT2D eigenvalue weighted by molar-refractivity contribution is 0.0950. The number of fused-ring (bicyclic) bond motifs is 2. The average molecular weight is 423 g/mol. The molecule has 1 amide bonds. The second-order valence-electron chi connectivity index (χ2n) is 7.44. The number of hydrogen-bond donors (Lipinski definition) is 3. The Hall–Kier alpha value is -4.39. The van der Waals surface area contributed by atoms with E-state index in [4.69, 9.17) is 4.74 Å². The van der Waals surface area contributed by atoms with Gasteiger partial charge in [0.1, 0.15) is 11.4 Å². The van der Waals surface area contributed by atoms with Gasteiger partial charge in [-0.15, -0.1) is 0 Å². The second kappa shape index (κ2) is 8.03. The Kier molecular flexibility index (Phi) is 4.91. The molecule has 0 atom stereocenters. The number of nitrogens with one attached hydrogen (secondary N) is 3. The number of amides is 1. The number of hydrazone groups is 1. The maximum atomic E-state index is 12.6. The minimum atomic E-state index is -0.378. The molecule has 0 saturated heterocycles. The van der Waals surface area contributed by atoms with Gasteiger partial charge in [0.05, 0.1) is 24.6 Å². The molecule has 2 aromatic heterocycles. The summed E-state index contributed by atoms with van der Waals surface area (Å²) >= 11 is 0. The van der Waals surface area contributed by atoms with E-state index in [1.54, 1.807) is 19.4 Å². The third-order valence-corrected chi connectivity index (χ3v) is 5.49. The molecular formula is C25H21N5O2. The number of H-pyrrole nitrogens is 2. The molecule has 0 spiro atoms. The Morgan fingerprint density at radius 3 is 2.69 bits per heavy atom. The molecule has 0 aliphatic heterocycles. The van der Waals surface area contributed by atoms with Crippen molar-refractivity contribution < 1.29 is 9.53 Å². The second-order valence-corrected chi connectivity index (χ2v) is 7.44. The largest absolute Gasteiger partial charge is 0.496 e. The molecule has 7 heteroatoms. The minimum Gasteiger partial charge on any atom is -0.496 e. The number of aryl methyl sites for hydroxylation is 1. The lowest BCUT2D eigenvalue weighted by Gasteiger charge is -2.09. The standard InChI is InChI=1S/C25H21N5O2/c1-15-19(18-9-5-6-10-20(18)27-15)14-26-30-25(31)22-13-21(28-29-22)24-17-8-4-3-7-16(17)11-12-23(24)32-2/h3-14,27H,1-2H3,(H,28,29)(H,30,31)/b26-14+. The van der Waals surface area contributed by atoms with Crippen molar-refractivity contribution in [1.29, 1.82) is 0 Å². The quantitative estimate of drug-likeness (QED) is 0.280. The van der Waals surface area contributed by atoms with Crippen molar-refractivity contribution in [2.75, 3.05) is 7.11 Å². The number of para-hydroxylation sites is 1. The van der Waals surface area contributed by atoms with E-state index < -0.39 is 0 Å². The van der Waals surface area contributed by atoms with Crippen LogP contribution in [-0.2, 0) is 0 Å². The highest BCUT2D eigenvalue weighted by atomic mass is 16.5. The van der Waals surface area contributed by atoms with Crippen molar-refractivity contribution in [2.45, 2.75) is 6.92 Å². The van der Waals surface area contributed by atoms with Gasteiger partial charge in [0.25, 0.3) is 5.91 Å². The average Bonchev–Trinajstić information content (AvgIpc) is 3.43. The molecule has 5 rings (SSSR count). The highest BCUT2D eigenvalue weighted by Crippen LogP contribution is 2.36. The third kappa shape index (κ3) is 3.39. The van der Waals surface area contributed by atoms with Crippen molar-refractivity contribution in [3.05, 3.63) is 83.7 Å². The van der Waals surface area contributed by atoms with Crippen molar-refractivity contribution in [3.8, 4) is 17.0 Å². The van der Waals surface area contributed by atoms with Gasteiger partial charge in [0.2, 0.25) is 0 Å². The van der Waals surface area contributed by atoms with Crippen LogP contribution in [-0.4, -0.2) is 34.4 Å². The zero-order valence-electron chi connectivity index (χ0n) is 17.6. The monoisotopic (exact) mass is 423 g/mol. The predicted octanol–water partition coefficient (Wildman–Crippen LogP) is 4.79. The van der Waals surface area contributed by atoms with E-state index in [0.717, 1.165) is 38.5 Å². The van der Waals surface area contributed by atoms with Gasteiger partial charge >= 0.3 is 0 Å². The van der Waals surface area contributed by atoms with Crippen LogP contribution in [0.3, 0.4) is 0 Å². The van der Waals surface area contributed by atoms with Crippen molar-refractivity contribution in [3.63, 3.8) is 0 Å². The number of aromatic amines is 2. The molecular weight excluding hydrogens is 402 g/mol. The van der Waals surface area contributed by atoms with E-state index in [1.807, 2.05) is 67.6 Å². The lowest BCUT2D eigenvalue weighted by Crippen LogP contribution is -2.18. The van der Waals surface area contributed by atoms with E-state index in [0.29, 0.717) is 17.1 Å². The number of benzene rings is 3. The molecule has 0 radical (unpaired) electrons. The third-order valence-electron chi connectivity index (χ3n) is 5.49.